The minimum absolute atomic E-state index is 0. The van der Waals surface area contributed by atoms with Gasteiger partial charge in [-0.2, -0.15) is 0 Å². The van der Waals surface area contributed by atoms with E-state index in [0.29, 0.717) is 6.71 Å². The van der Waals surface area contributed by atoms with Crippen LogP contribution in [0.5, 0.6) is 5.75 Å². The molecule has 0 aliphatic carbocycles. The highest BCUT2D eigenvalue weighted by molar-refractivity contribution is 6.70. The zero-order valence-electron chi connectivity index (χ0n) is 11.8. The van der Waals surface area contributed by atoms with Crippen LogP contribution in [0.3, 0.4) is 0 Å². The number of ether oxygens (including phenoxy) is 1. The van der Waals surface area contributed by atoms with Gasteiger partial charge >= 0.3 is 0 Å². The van der Waals surface area contributed by atoms with Crippen LogP contribution in [0.1, 0.15) is 19.4 Å². The molecule has 0 radical (unpaired) electrons. The summed E-state index contributed by atoms with van der Waals surface area (Å²) in [5.41, 5.74) is 2.71. The van der Waals surface area contributed by atoms with Gasteiger partial charge in [-0.15, -0.1) is 0 Å². The molecule has 0 aromatic heterocycles. The molecule has 0 saturated carbocycles. The second-order valence-corrected chi connectivity index (χ2v) is 5.16. The predicted octanol–water partition coefficient (Wildman–Crippen LogP) is 4.30. The number of aryl methyl sites for hydroxylation is 1. The van der Waals surface area contributed by atoms with E-state index in [1.807, 2.05) is 6.07 Å². The summed E-state index contributed by atoms with van der Waals surface area (Å²) in [7, 11) is 0. The first-order chi connectivity index (χ1) is 9.25. The standard InChI is InChI=1S/C17H21BO.CH4/c1-18(2)16-11-6-12-17(14-16)19-13-7-10-15-8-4-3-5-9-15;/h3-6,8-9,11-12,14H,7,10,13H2,1-2H3;1H4. The molecule has 2 aromatic carbocycles. The van der Waals surface area contributed by atoms with Crippen molar-refractivity contribution in [1.29, 1.82) is 0 Å². The van der Waals surface area contributed by atoms with Crippen molar-refractivity contribution in [3.8, 4) is 5.75 Å². The highest BCUT2D eigenvalue weighted by Crippen LogP contribution is 2.09. The first-order valence-electron chi connectivity index (χ1n) is 7.02. The maximum Gasteiger partial charge on any atom is 0.169 e. The molecule has 0 heterocycles. The zero-order chi connectivity index (χ0) is 13.5. The van der Waals surface area contributed by atoms with Gasteiger partial charge < -0.3 is 4.74 Å². The lowest BCUT2D eigenvalue weighted by Gasteiger charge is -2.09. The number of hydrogen-bond acceptors (Lipinski definition) is 1. The molecule has 0 fully saturated rings. The molecule has 2 rings (SSSR count). The van der Waals surface area contributed by atoms with E-state index in [4.69, 9.17) is 4.74 Å². The van der Waals surface area contributed by atoms with E-state index in [-0.39, 0.29) is 7.43 Å². The Morgan fingerprint density at radius 3 is 2.40 bits per heavy atom. The van der Waals surface area contributed by atoms with Gasteiger partial charge in [-0.3, -0.25) is 0 Å². The molecule has 0 N–H and O–H groups in total. The molecule has 0 spiro atoms. The van der Waals surface area contributed by atoms with Crippen molar-refractivity contribution in [2.45, 2.75) is 33.9 Å². The number of benzene rings is 2. The van der Waals surface area contributed by atoms with E-state index in [1.165, 1.54) is 11.0 Å². The van der Waals surface area contributed by atoms with E-state index in [9.17, 15) is 0 Å². The van der Waals surface area contributed by atoms with Crippen LogP contribution in [0.2, 0.25) is 13.6 Å². The normalized spacial score (nSPS) is 9.70. The third-order valence-electron chi connectivity index (χ3n) is 3.25. The number of hydrogen-bond donors (Lipinski definition) is 0. The van der Waals surface area contributed by atoms with Gasteiger partial charge in [-0.25, -0.2) is 0 Å². The fourth-order valence-electron chi connectivity index (χ4n) is 2.07. The summed E-state index contributed by atoms with van der Waals surface area (Å²) in [5, 5.41) is 0. The lowest BCUT2D eigenvalue weighted by Crippen LogP contribution is -2.22. The minimum atomic E-state index is 0. The molecule has 0 amide bonds. The molecule has 0 aliphatic heterocycles. The molecular formula is C18H25BO. The largest absolute Gasteiger partial charge is 0.494 e. The molecule has 2 heteroatoms. The summed E-state index contributed by atoms with van der Waals surface area (Å²) in [6.07, 6.45) is 2.13. The molecule has 1 nitrogen and oxygen atoms in total. The van der Waals surface area contributed by atoms with Crippen molar-refractivity contribution in [3.63, 3.8) is 0 Å². The second-order valence-electron chi connectivity index (χ2n) is 5.16. The average molecular weight is 268 g/mol. The minimum Gasteiger partial charge on any atom is -0.494 e. The summed E-state index contributed by atoms with van der Waals surface area (Å²) in [6, 6.07) is 19.0. The van der Waals surface area contributed by atoms with Gasteiger partial charge in [0.05, 0.1) is 6.61 Å². The van der Waals surface area contributed by atoms with E-state index in [1.54, 1.807) is 0 Å². The summed E-state index contributed by atoms with van der Waals surface area (Å²) in [5.74, 6) is 0.985. The molecule has 20 heavy (non-hydrogen) atoms. The van der Waals surface area contributed by atoms with Crippen LogP contribution in [0.25, 0.3) is 0 Å². The maximum atomic E-state index is 5.82. The third kappa shape index (κ3) is 5.12. The number of rotatable bonds is 6. The summed E-state index contributed by atoms with van der Waals surface area (Å²) >= 11 is 0. The molecular weight excluding hydrogens is 243 g/mol. The van der Waals surface area contributed by atoms with Crippen LogP contribution >= 0.6 is 0 Å². The topological polar surface area (TPSA) is 9.23 Å². The molecule has 0 saturated heterocycles. The third-order valence-corrected chi connectivity index (χ3v) is 3.25. The zero-order valence-corrected chi connectivity index (χ0v) is 11.8. The Bertz CT molecular complexity index is 494. The van der Waals surface area contributed by atoms with Crippen molar-refractivity contribution in [2.75, 3.05) is 6.61 Å². The van der Waals surface area contributed by atoms with Crippen molar-refractivity contribution in [3.05, 3.63) is 60.2 Å². The van der Waals surface area contributed by atoms with Crippen LogP contribution in [0.4, 0.5) is 0 Å². The Labute approximate surface area is 124 Å². The second kappa shape index (κ2) is 8.47. The Hall–Kier alpha value is -1.70. The lowest BCUT2D eigenvalue weighted by atomic mass is 9.49. The maximum absolute atomic E-state index is 5.82. The van der Waals surface area contributed by atoms with E-state index in [2.05, 4.69) is 62.2 Å². The SMILES string of the molecule is C.CB(C)c1cccc(OCCCc2ccccc2)c1. The fraction of sp³-hybridized carbons (Fsp3) is 0.333. The predicted molar refractivity (Wildman–Crippen MR) is 90.5 cm³/mol. The lowest BCUT2D eigenvalue weighted by molar-refractivity contribution is 0.311. The van der Waals surface area contributed by atoms with Crippen LogP contribution in [-0.4, -0.2) is 13.3 Å². The highest BCUT2D eigenvalue weighted by Gasteiger charge is 2.03. The van der Waals surface area contributed by atoms with Crippen molar-refractivity contribution in [2.24, 2.45) is 0 Å². The van der Waals surface area contributed by atoms with Crippen LogP contribution in [-0.2, 0) is 6.42 Å². The van der Waals surface area contributed by atoms with E-state index in [0.717, 1.165) is 25.2 Å². The van der Waals surface area contributed by atoms with E-state index < -0.39 is 0 Å². The van der Waals surface area contributed by atoms with Gasteiger partial charge in [0.25, 0.3) is 0 Å². The van der Waals surface area contributed by atoms with Crippen molar-refractivity contribution < 1.29 is 4.74 Å². The van der Waals surface area contributed by atoms with Gasteiger partial charge in [0.1, 0.15) is 5.75 Å². The monoisotopic (exact) mass is 268 g/mol. The smallest absolute Gasteiger partial charge is 0.169 e. The van der Waals surface area contributed by atoms with Crippen LogP contribution in [0.15, 0.2) is 54.6 Å². The quantitative estimate of drug-likeness (QED) is 0.560. The molecule has 106 valence electrons. The molecule has 0 bridgehead atoms. The first-order valence-corrected chi connectivity index (χ1v) is 7.02. The Morgan fingerprint density at radius 1 is 0.950 bits per heavy atom. The van der Waals surface area contributed by atoms with Gasteiger partial charge in [-0.05, 0) is 30.5 Å². The molecule has 0 atom stereocenters. The van der Waals surface area contributed by atoms with Gasteiger partial charge in [0, 0.05) is 0 Å². The van der Waals surface area contributed by atoms with Crippen LogP contribution < -0.4 is 10.2 Å². The molecule has 0 aliphatic rings. The first kappa shape index (κ1) is 16.4. The van der Waals surface area contributed by atoms with Crippen LogP contribution in [0, 0.1) is 0 Å². The van der Waals surface area contributed by atoms with Crippen molar-refractivity contribution in [1.82, 2.24) is 0 Å². The molecule has 2 aromatic rings. The summed E-state index contributed by atoms with van der Waals surface area (Å²) in [6.45, 7) is 5.73. The summed E-state index contributed by atoms with van der Waals surface area (Å²) < 4.78 is 5.82. The Morgan fingerprint density at radius 2 is 1.70 bits per heavy atom. The van der Waals surface area contributed by atoms with Gasteiger partial charge in [-0.1, -0.05) is 69.0 Å². The van der Waals surface area contributed by atoms with E-state index >= 15 is 0 Å². The Kier molecular flexibility index (Phi) is 6.93. The van der Waals surface area contributed by atoms with Crippen molar-refractivity contribution >= 4 is 12.2 Å². The highest BCUT2D eigenvalue weighted by atomic mass is 16.5. The molecule has 0 unspecified atom stereocenters. The van der Waals surface area contributed by atoms with Gasteiger partial charge in [0.2, 0.25) is 0 Å². The fourth-order valence-corrected chi connectivity index (χ4v) is 2.07. The summed E-state index contributed by atoms with van der Waals surface area (Å²) in [4.78, 5) is 0. The average Bonchev–Trinajstić information content (AvgIpc) is 2.45. The van der Waals surface area contributed by atoms with Gasteiger partial charge in [0.15, 0.2) is 6.71 Å². The Balaban J connectivity index is 0.00000200.